The third kappa shape index (κ3) is 4.18. The predicted molar refractivity (Wildman–Crippen MR) is 94.6 cm³/mol. The van der Waals surface area contributed by atoms with Gasteiger partial charge in [-0.05, 0) is 46.3 Å². The van der Waals surface area contributed by atoms with E-state index in [1.807, 2.05) is 11.3 Å². The molecule has 2 aromatic rings. The molecule has 1 atom stereocenters. The summed E-state index contributed by atoms with van der Waals surface area (Å²) in [5.74, 6) is 0.782. The van der Waals surface area contributed by atoms with Crippen molar-refractivity contribution in [3.8, 4) is 0 Å². The van der Waals surface area contributed by atoms with E-state index >= 15 is 0 Å². The van der Waals surface area contributed by atoms with E-state index in [-0.39, 0.29) is 0 Å². The van der Waals surface area contributed by atoms with E-state index in [1.54, 1.807) is 0 Å². The number of benzene rings is 1. The van der Waals surface area contributed by atoms with Gasteiger partial charge in [-0.25, -0.2) is 0 Å². The van der Waals surface area contributed by atoms with Crippen molar-refractivity contribution < 1.29 is 0 Å². The number of halogens is 1. The first-order chi connectivity index (χ1) is 10.3. The topological polar surface area (TPSA) is 12.0 Å². The molecule has 1 N–H and O–H groups in total. The van der Waals surface area contributed by atoms with Crippen molar-refractivity contribution in [3.63, 3.8) is 0 Å². The summed E-state index contributed by atoms with van der Waals surface area (Å²) in [7, 11) is 0. The van der Waals surface area contributed by atoms with E-state index in [4.69, 9.17) is 0 Å². The van der Waals surface area contributed by atoms with Crippen molar-refractivity contribution in [2.24, 2.45) is 5.92 Å². The van der Waals surface area contributed by atoms with Gasteiger partial charge in [0.05, 0.1) is 0 Å². The van der Waals surface area contributed by atoms with Gasteiger partial charge in [0.15, 0.2) is 0 Å². The van der Waals surface area contributed by atoms with Crippen molar-refractivity contribution in [3.05, 3.63) is 56.7 Å². The number of hydrogen-bond donors (Lipinski definition) is 1. The Labute approximate surface area is 139 Å². The number of hydrogen-bond acceptors (Lipinski definition) is 2. The molecule has 1 heterocycles. The molecule has 1 aromatic carbocycles. The average Bonchev–Trinajstić information content (AvgIpc) is 2.95. The molecule has 0 aliphatic heterocycles. The van der Waals surface area contributed by atoms with Gasteiger partial charge in [0.25, 0.3) is 0 Å². The second-order valence-corrected chi connectivity index (χ2v) is 7.81. The normalized spacial score (nSPS) is 17.8. The molecule has 3 heteroatoms. The van der Waals surface area contributed by atoms with Crippen molar-refractivity contribution >= 4 is 27.3 Å². The van der Waals surface area contributed by atoms with Crippen LogP contribution in [0.2, 0.25) is 0 Å². The van der Waals surface area contributed by atoms with E-state index in [1.165, 1.54) is 47.0 Å². The predicted octanol–water partition coefficient (Wildman–Crippen LogP) is 5.92. The van der Waals surface area contributed by atoms with E-state index in [0.717, 1.165) is 12.5 Å². The van der Waals surface area contributed by atoms with Crippen LogP contribution in [0.3, 0.4) is 0 Å². The minimum atomic E-state index is 0.493. The molecule has 21 heavy (non-hydrogen) atoms. The Morgan fingerprint density at radius 1 is 1.14 bits per heavy atom. The van der Waals surface area contributed by atoms with Crippen molar-refractivity contribution in [2.75, 3.05) is 0 Å². The minimum absolute atomic E-state index is 0.493. The van der Waals surface area contributed by atoms with Crippen LogP contribution < -0.4 is 5.32 Å². The quantitative estimate of drug-likeness (QED) is 0.694. The first-order valence-corrected chi connectivity index (χ1v) is 9.51. The lowest BCUT2D eigenvalue weighted by molar-refractivity contribution is 0.270. The van der Waals surface area contributed by atoms with Gasteiger partial charge in [0.1, 0.15) is 0 Å². The molecule has 0 bridgehead atoms. The van der Waals surface area contributed by atoms with Crippen LogP contribution in [0, 0.1) is 5.92 Å². The van der Waals surface area contributed by atoms with E-state index in [2.05, 4.69) is 63.0 Å². The Hall–Kier alpha value is -0.640. The molecule has 1 nitrogen and oxygen atoms in total. The highest BCUT2D eigenvalue weighted by Crippen LogP contribution is 2.35. The fourth-order valence-corrected chi connectivity index (χ4v) is 4.74. The Bertz CT molecular complexity index is 545. The van der Waals surface area contributed by atoms with Gasteiger partial charge >= 0.3 is 0 Å². The molecular formula is C18H22BrNS. The number of nitrogens with one attached hydrogen (secondary N) is 1. The Balaban J connectivity index is 1.72. The van der Waals surface area contributed by atoms with Gasteiger partial charge in [0.2, 0.25) is 0 Å². The second-order valence-electron chi connectivity index (χ2n) is 5.90. The van der Waals surface area contributed by atoms with Crippen LogP contribution in [0.25, 0.3) is 0 Å². The minimum Gasteiger partial charge on any atom is -0.305 e. The summed E-state index contributed by atoms with van der Waals surface area (Å²) in [5, 5.41) is 5.99. The lowest BCUT2D eigenvalue weighted by Gasteiger charge is -2.31. The Kier molecular flexibility index (Phi) is 5.50. The molecule has 1 aromatic heterocycles. The van der Waals surface area contributed by atoms with Crippen LogP contribution in [-0.4, -0.2) is 0 Å². The molecule has 3 rings (SSSR count). The van der Waals surface area contributed by atoms with Gasteiger partial charge < -0.3 is 5.32 Å². The van der Waals surface area contributed by atoms with Gasteiger partial charge in [-0.2, -0.15) is 0 Å². The van der Waals surface area contributed by atoms with Crippen molar-refractivity contribution in [1.82, 2.24) is 5.32 Å². The monoisotopic (exact) mass is 363 g/mol. The van der Waals surface area contributed by atoms with Crippen LogP contribution in [0.15, 0.2) is 46.3 Å². The molecule has 1 fully saturated rings. The van der Waals surface area contributed by atoms with E-state index < -0.39 is 0 Å². The van der Waals surface area contributed by atoms with Crippen LogP contribution in [0.1, 0.15) is 48.6 Å². The van der Waals surface area contributed by atoms with Crippen molar-refractivity contribution in [2.45, 2.75) is 44.7 Å². The average molecular weight is 364 g/mol. The SMILES string of the molecule is Brc1csc(CNC(c2ccccc2)C2CCCCC2)c1. The lowest BCUT2D eigenvalue weighted by atomic mass is 9.81. The van der Waals surface area contributed by atoms with Gasteiger partial charge in [-0.15, -0.1) is 11.3 Å². The van der Waals surface area contributed by atoms with Gasteiger partial charge in [0, 0.05) is 27.3 Å². The first-order valence-electron chi connectivity index (χ1n) is 7.84. The second kappa shape index (κ2) is 7.57. The summed E-state index contributed by atoms with van der Waals surface area (Å²) >= 11 is 5.37. The number of thiophene rings is 1. The zero-order valence-electron chi connectivity index (χ0n) is 12.2. The van der Waals surface area contributed by atoms with Crippen LogP contribution >= 0.6 is 27.3 Å². The van der Waals surface area contributed by atoms with E-state index in [9.17, 15) is 0 Å². The molecule has 1 aliphatic rings. The summed E-state index contributed by atoms with van der Waals surface area (Å²) < 4.78 is 1.19. The fourth-order valence-electron chi connectivity index (χ4n) is 3.34. The van der Waals surface area contributed by atoms with Crippen LogP contribution in [0.5, 0.6) is 0 Å². The van der Waals surface area contributed by atoms with Gasteiger partial charge in [-0.1, -0.05) is 49.6 Å². The maximum Gasteiger partial charge on any atom is 0.0351 e. The third-order valence-corrected chi connectivity index (χ3v) is 6.10. The summed E-state index contributed by atoms with van der Waals surface area (Å²) in [6.07, 6.45) is 6.91. The lowest BCUT2D eigenvalue weighted by Crippen LogP contribution is -2.29. The van der Waals surface area contributed by atoms with Crippen molar-refractivity contribution in [1.29, 1.82) is 0 Å². The highest BCUT2D eigenvalue weighted by Gasteiger charge is 2.24. The summed E-state index contributed by atoms with van der Waals surface area (Å²) in [6, 6.07) is 13.7. The molecule has 112 valence electrons. The van der Waals surface area contributed by atoms with E-state index in [0.29, 0.717) is 6.04 Å². The largest absolute Gasteiger partial charge is 0.305 e. The number of rotatable bonds is 5. The summed E-state index contributed by atoms with van der Waals surface area (Å²) in [6.45, 7) is 0.965. The smallest absolute Gasteiger partial charge is 0.0351 e. The molecule has 0 saturated heterocycles. The zero-order chi connectivity index (χ0) is 14.5. The Morgan fingerprint density at radius 3 is 2.57 bits per heavy atom. The molecular weight excluding hydrogens is 342 g/mol. The summed E-state index contributed by atoms with van der Waals surface area (Å²) in [5.41, 5.74) is 1.44. The molecule has 1 saturated carbocycles. The standard InChI is InChI=1S/C18H22BrNS/c19-16-11-17(21-13-16)12-20-18(14-7-3-1-4-8-14)15-9-5-2-6-10-15/h1,3-4,7-8,11,13,15,18,20H,2,5-6,9-10,12H2. The van der Waals surface area contributed by atoms with Gasteiger partial charge in [-0.3, -0.25) is 0 Å². The van der Waals surface area contributed by atoms with Crippen LogP contribution in [0.4, 0.5) is 0 Å². The maximum atomic E-state index is 3.82. The van der Waals surface area contributed by atoms with Crippen LogP contribution in [-0.2, 0) is 6.54 Å². The zero-order valence-corrected chi connectivity index (χ0v) is 14.6. The molecule has 1 aliphatic carbocycles. The third-order valence-electron chi connectivity index (χ3n) is 4.40. The molecule has 0 amide bonds. The summed E-state index contributed by atoms with van der Waals surface area (Å²) in [4.78, 5) is 1.40. The highest BCUT2D eigenvalue weighted by molar-refractivity contribution is 9.10. The Morgan fingerprint density at radius 2 is 1.90 bits per heavy atom. The maximum absolute atomic E-state index is 3.82. The fraction of sp³-hybridized carbons (Fsp3) is 0.444. The molecule has 1 unspecified atom stereocenters. The highest BCUT2D eigenvalue weighted by atomic mass is 79.9. The first kappa shape index (κ1) is 15.3. The molecule has 0 spiro atoms. The molecule has 0 radical (unpaired) electrons.